The molecule has 0 saturated heterocycles. The summed E-state index contributed by atoms with van der Waals surface area (Å²) in [6.45, 7) is 1.96. The van der Waals surface area contributed by atoms with Crippen LogP contribution in [0.3, 0.4) is 0 Å². The van der Waals surface area contributed by atoms with E-state index in [4.69, 9.17) is 9.47 Å². The number of benzene rings is 2. The summed E-state index contributed by atoms with van der Waals surface area (Å²) in [6.07, 6.45) is 0.209. The zero-order chi connectivity index (χ0) is 22.7. The zero-order valence-corrected chi connectivity index (χ0v) is 19.1. The first kappa shape index (κ1) is 21.8. The fraction of sp³-hybridized carbons (Fsp3) is 0.190. The van der Waals surface area contributed by atoms with Crippen LogP contribution < -0.4 is 10.1 Å². The fourth-order valence-corrected chi connectivity index (χ4v) is 5.38. The topological polar surface area (TPSA) is 119 Å². The van der Waals surface area contributed by atoms with E-state index < -0.39 is 0 Å². The smallest absolute Gasteiger partial charge is 0.309 e. The summed E-state index contributed by atoms with van der Waals surface area (Å²) >= 11 is 2.85. The number of nitrogens with zero attached hydrogens (tertiary/aromatic N) is 3. The van der Waals surface area contributed by atoms with Gasteiger partial charge in [-0.15, -0.1) is 11.3 Å². The lowest BCUT2D eigenvalue weighted by Crippen LogP contribution is -2.12. The number of hydrogen-bond acceptors (Lipinski definition) is 9. The van der Waals surface area contributed by atoms with E-state index in [2.05, 4.69) is 25.9 Å². The van der Waals surface area contributed by atoms with E-state index in [0.717, 1.165) is 36.8 Å². The molecule has 2 heterocycles. The van der Waals surface area contributed by atoms with Crippen LogP contribution in [0, 0.1) is 6.92 Å². The van der Waals surface area contributed by atoms with E-state index in [1.165, 1.54) is 30.2 Å². The van der Waals surface area contributed by atoms with Gasteiger partial charge in [-0.25, -0.2) is 5.10 Å². The maximum absolute atomic E-state index is 13.0. The number of aryl methyl sites for hydroxylation is 1. The quantitative estimate of drug-likeness (QED) is 0.392. The number of carbonyl (C=O) groups excluding carboxylic acids is 2. The van der Waals surface area contributed by atoms with Crippen molar-refractivity contribution >= 4 is 51.0 Å². The van der Waals surface area contributed by atoms with E-state index in [1.54, 1.807) is 7.11 Å². The highest BCUT2D eigenvalue weighted by molar-refractivity contribution is 7.99. The number of hydrogen-bond donors (Lipinski definition) is 2. The fourth-order valence-electron chi connectivity index (χ4n) is 3.09. The van der Waals surface area contributed by atoms with Gasteiger partial charge in [-0.05, 0) is 52.7 Å². The molecule has 0 spiro atoms. The Morgan fingerprint density at radius 3 is 2.62 bits per heavy atom. The van der Waals surface area contributed by atoms with Crippen LogP contribution in [0.25, 0.3) is 10.1 Å². The monoisotopic (exact) mass is 469 g/mol. The number of fused-ring (bicyclic) bond motifs is 1. The maximum Gasteiger partial charge on any atom is 0.309 e. The van der Waals surface area contributed by atoms with Crippen molar-refractivity contribution in [3.05, 3.63) is 52.4 Å². The number of aromatic nitrogens is 4. The van der Waals surface area contributed by atoms with Crippen molar-refractivity contribution in [2.75, 3.05) is 19.5 Å². The standard InChI is InChI=1S/C21H19N5O4S2/c1-11-8-14-16(10-15(11)29-2)32-19(20(28)22-21-23-25-26-24-21)18(14)31-13-6-4-12(5-7-13)9-17(27)30-3/h4-8,10H,9H2,1-3H3,(H2,22,23,24,25,26,28). The highest BCUT2D eigenvalue weighted by Crippen LogP contribution is 2.44. The lowest BCUT2D eigenvalue weighted by molar-refractivity contribution is -0.139. The van der Waals surface area contributed by atoms with Crippen molar-refractivity contribution in [2.24, 2.45) is 0 Å². The van der Waals surface area contributed by atoms with Gasteiger partial charge in [0, 0.05) is 19.9 Å². The van der Waals surface area contributed by atoms with Gasteiger partial charge in [0.2, 0.25) is 5.95 Å². The molecule has 1 amide bonds. The SMILES string of the molecule is COC(=O)Cc1ccc(Sc2c(C(=O)Nc3nnn[nH]3)sc3cc(OC)c(C)cc23)cc1. The summed E-state index contributed by atoms with van der Waals surface area (Å²) in [4.78, 5) is 26.8. The van der Waals surface area contributed by atoms with E-state index in [9.17, 15) is 9.59 Å². The molecule has 0 aliphatic heterocycles. The Labute approximate surface area is 191 Å². The number of ether oxygens (including phenoxy) is 2. The average Bonchev–Trinajstić information content (AvgIpc) is 3.42. The second kappa shape index (κ2) is 9.37. The number of H-pyrrole nitrogens is 1. The van der Waals surface area contributed by atoms with E-state index in [-0.39, 0.29) is 24.2 Å². The van der Waals surface area contributed by atoms with Gasteiger partial charge in [0.15, 0.2) is 0 Å². The summed E-state index contributed by atoms with van der Waals surface area (Å²) in [5, 5.41) is 16.9. The molecule has 0 unspecified atom stereocenters. The van der Waals surface area contributed by atoms with Crippen molar-refractivity contribution in [2.45, 2.75) is 23.1 Å². The summed E-state index contributed by atoms with van der Waals surface area (Å²) in [5.74, 6) is 0.323. The molecule has 11 heteroatoms. The molecule has 0 aliphatic rings. The molecule has 4 rings (SSSR count). The van der Waals surface area contributed by atoms with Crippen molar-refractivity contribution < 1.29 is 19.1 Å². The second-order valence-electron chi connectivity index (χ2n) is 6.78. The molecule has 4 aromatic rings. The first-order valence-electron chi connectivity index (χ1n) is 9.48. The molecule has 164 valence electrons. The molecular formula is C21H19N5O4S2. The predicted molar refractivity (Wildman–Crippen MR) is 122 cm³/mol. The largest absolute Gasteiger partial charge is 0.496 e. The third-order valence-corrected chi connectivity index (χ3v) is 7.08. The molecule has 0 saturated carbocycles. The van der Waals surface area contributed by atoms with Crippen molar-refractivity contribution in [3.63, 3.8) is 0 Å². The number of aromatic amines is 1. The van der Waals surface area contributed by atoms with Crippen LogP contribution in [0.15, 0.2) is 46.2 Å². The molecule has 2 aromatic carbocycles. The third-order valence-electron chi connectivity index (χ3n) is 4.66. The molecule has 32 heavy (non-hydrogen) atoms. The number of carbonyl (C=O) groups is 2. The Morgan fingerprint density at radius 2 is 1.97 bits per heavy atom. The summed E-state index contributed by atoms with van der Waals surface area (Å²) in [6, 6.07) is 11.6. The Morgan fingerprint density at radius 1 is 1.19 bits per heavy atom. The van der Waals surface area contributed by atoms with Gasteiger partial charge < -0.3 is 9.47 Å². The van der Waals surface area contributed by atoms with E-state index >= 15 is 0 Å². The van der Waals surface area contributed by atoms with Gasteiger partial charge in [0.05, 0.1) is 20.6 Å². The Kier molecular flexibility index (Phi) is 6.37. The molecule has 0 fully saturated rings. The van der Waals surface area contributed by atoms with Gasteiger partial charge >= 0.3 is 5.97 Å². The number of anilines is 1. The van der Waals surface area contributed by atoms with E-state index in [0.29, 0.717) is 4.88 Å². The van der Waals surface area contributed by atoms with Crippen molar-refractivity contribution in [1.82, 2.24) is 20.6 Å². The summed E-state index contributed by atoms with van der Waals surface area (Å²) < 4.78 is 11.1. The van der Waals surface area contributed by atoms with Gasteiger partial charge in [0.1, 0.15) is 10.6 Å². The number of nitrogens with one attached hydrogen (secondary N) is 2. The summed E-state index contributed by atoms with van der Waals surface area (Å²) in [5.41, 5.74) is 1.83. The lowest BCUT2D eigenvalue weighted by Gasteiger charge is -2.07. The number of amides is 1. The van der Waals surface area contributed by atoms with Crippen LogP contribution in [-0.4, -0.2) is 46.7 Å². The molecule has 0 bridgehead atoms. The zero-order valence-electron chi connectivity index (χ0n) is 17.5. The van der Waals surface area contributed by atoms with Crippen LogP contribution in [0.4, 0.5) is 5.95 Å². The normalized spacial score (nSPS) is 10.8. The summed E-state index contributed by atoms with van der Waals surface area (Å²) in [7, 11) is 2.99. The average molecular weight is 470 g/mol. The van der Waals surface area contributed by atoms with Crippen LogP contribution in [0.5, 0.6) is 5.75 Å². The minimum absolute atomic E-state index is 0.171. The highest BCUT2D eigenvalue weighted by Gasteiger charge is 2.22. The van der Waals surface area contributed by atoms with Crippen molar-refractivity contribution in [3.8, 4) is 5.75 Å². The van der Waals surface area contributed by atoms with Crippen LogP contribution >= 0.6 is 23.1 Å². The second-order valence-corrected chi connectivity index (χ2v) is 8.92. The molecule has 2 aromatic heterocycles. The molecular weight excluding hydrogens is 450 g/mol. The third kappa shape index (κ3) is 4.58. The van der Waals surface area contributed by atoms with E-state index in [1.807, 2.05) is 43.3 Å². The molecule has 9 nitrogen and oxygen atoms in total. The van der Waals surface area contributed by atoms with Gasteiger partial charge in [0.25, 0.3) is 5.91 Å². The van der Waals surface area contributed by atoms with Crippen LogP contribution in [0.1, 0.15) is 20.8 Å². The minimum Gasteiger partial charge on any atom is -0.496 e. The van der Waals surface area contributed by atoms with Gasteiger partial charge in [-0.3, -0.25) is 14.9 Å². The predicted octanol–water partition coefficient (Wildman–Crippen LogP) is 3.85. The van der Waals surface area contributed by atoms with Crippen molar-refractivity contribution in [1.29, 1.82) is 0 Å². The molecule has 0 radical (unpaired) electrons. The molecule has 0 aliphatic carbocycles. The Balaban J connectivity index is 1.71. The maximum atomic E-state index is 13.0. The first-order valence-corrected chi connectivity index (χ1v) is 11.1. The van der Waals surface area contributed by atoms with Gasteiger partial charge in [-0.1, -0.05) is 29.0 Å². The number of esters is 1. The highest BCUT2D eigenvalue weighted by atomic mass is 32.2. The van der Waals surface area contributed by atoms with Crippen LogP contribution in [0.2, 0.25) is 0 Å². The molecule has 0 atom stereocenters. The number of tetrazole rings is 1. The number of thiophene rings is 1. The van der Waals surface area contributed by atoms with Gasteiger partial charge in [-0.2, -0.15) is 0 Å². The Bertz CT molecular complexity index is 1270. The number of methoxy groups -OCH3 is 2. The number of rotatable bonds is 7. The minimum atomic E-state index is -0.314. The lowest BCUT2D eigenvalue weighted by atomic mass is 10.1. The molecule has 2 N–H and O–H groups in total. The van der Waals surface area contributed by atoms with Crippen LogP contribution in [-0.2, 0) is 16.0 Å². The first-order chi connectivity index (χ1) is 15.5. The Hall–Kier alpha value is -3.44.